The van der Waals surface area contributed by atoms with Gasteiger partial charge in [0.2, 0.25) is 0 Å². The maximum atomic E-state index is 11.7. The van der Waals surface area contributed by atoms with Gasteiger partial charge in [0.15, 0.2) is 0 Å². The van der Waals surface area contributed by atoms with E-state index < -0.39 is 18.2 Å². The van der Waals surface area contributed by atoms with Crippen LogP contribution in [0.5, 0.6) is 0 Å². The average Bonchev–Trinajstić information content (AvgIpc) is 3.02. The SMILES string of the molecule is CCCCC1NC(c2c[nH]c3c(=O)[nH]cnc23)C(O)C1O. The van der Waals surface area contributed by atoms with E-state index in [1.807, 2.05) is 0 Å². The average molecular weight is 292 g/mol. The van der Waals surface area contributed by atoms with Gasteiger partial charge >= 0.3 is 0 Å². The molecule has 0 bridgehead atoms. The lowest BCUT2D eigenvalue weighted by molar-refractivity contribution is 0.0267. The zero-order valence-electron chi connectivity index (χ0n) is 11.8. The van der Waals surface area contributed by atoms with E-state index in [-0.39, 0.29) is 11.6 Å². The largest absolute Gasteiger partial charge is 0.389 e. The fourth-order valence-corrected chi connectivity index (χ4v) is 3.02. The number of hydrogen-bond donors (Lipinski definition) is 5. The third-order valence-corrected chi connectivity index (χ3v) is 4.20. The van der Waals surface area contributed by atoms with E-state index in [4.69, 9.17) is 0 Å². The number of aliphatic hydroxyl groups excluding tert-OH is 2. The van der Waals surface area contributed by atoms with E-state index in [9.17, 15) is 15.0 Å². The van der Waals surface area contributed by atoms with Gasteiger partial charge in [-0.1, -0.05) is 19.8 Å². The van der Waals surface area contributed by atoms with Crippen molar-refractivity contribution in [2.24, 2.45) is 0 Å². The fraction of sp³-hybridized carbons (Fsp3) is 0.571. The molecule has 4 atom stereocenters. The van der Waals surface area contributed by atoms with Crippen molar-refractivity contribution in [2.45, 2.75) is 50.5 Å². The number of fused-ring (bicyclic) bond motifs is 1. The molecule has 7 heteroatoms. The molecule has 3 rings (SSSR count). The molecule has 7 nitrogen and oxygen atoms in total. The lowest BCUT2D eigenvalue weighted by atomic mass is 10.0. The highest BCUT2D eigenvalue weighted by Crippen LogP contribution is 2.32. The second-order valence-corrected chi connectivity index (χ2v) is 5.57. The first-order chi connectivity index (χ1) is 10.1. The Balaban J connectivity index is 1.92. The van der Waals surface area contributed by atoms with Gasteiger partial charge in [0.1, 0.15) is 17.1 Å². The lowest BCUT2D eigenvalue weighted by Gasteiger charge is -2.14. The number of aromatic amines is 2. The van der Waals surface area contributed by atoms with Crippen molar-refractivity contribution in [1.82, 2.24) is 20.3 Å². The molecule has 114 valence electrons. The van der Waals surface area contributed by atoms with Gasteiger partial charge in [-0.15, -0.1) is 0 Å². The van der Waals surface area contributed by atoms with Crippen LogP contribution in [0.3, 0.4) is 0 Å². The molecule has 1 aliphatic rings. The van der Waals surface area contributed by atoms with Crippen molar-refractivity contribution in [3.8, 4) is 0 Å². The predicted octanol–water partition coefficient (Wildman–Crippen LogP) is 0.176. The minimum Gasteiger partial charge on any atom is -0.389 e. The number of aromatic nitrogens is 3. The molecule has 4 unspecified atom stereocenters. The normalized spacial score (nSPS) is 29.3. The Morgan fingerprint density at radius 2 is 2.10 bits per heavy atom. The van der Waals surface area contributed by atoms with Gasteiger partial charge in [-0.05, 0) is 6.42 Å². The van der Waals surface area contributed by atoms with Crippen LogP contribution in [0.15, 0.2) is 17.3 Å². The molecule has 21 heavy (non-hydrogen) atoms. The van der Waals surface area contributed by atoms with E-state index in [1.54, 1.807) is 6.20 Å². The second kappa shape index (κ2) is 5.59. The number of aliphatic hydroxyl groups is 2. The molecule has 5 N–H and O–H groups in total. The molecule has 2 aromatic heterocycles. The Hall–Kier alpha value is -1.70. The van der Waals surface area contributed by atoms with Crippen molar-refractivity contribution < 1.29 is 10.2 Å². The Morgan fingerprint density at radius 3 is 2.86 bits per heavy atom. The Morgan fingerprint density at radius 1 is 1.29 bits per heavy atom. The third kappa shape index (κ3) is 2.37. The molecule has 1 fully saturated rings. The molecule has 0 aliphatic carbocycles. The van der Waals surface area contributed by atoms with Crippen LogP contribution in [-0.4, -0.2) is 43.4 Å². The minimum atomic E-state index is -0.910. The molecular formula is C14H20N4O3. The van der Waals surface area contributed by atoms with Crippen molar-refractivity contribution >= 4 is 11.0 Å². The molecular weight excluding hydrogens is 272 g/mol. The first-order valence-electron chi connectivity index (χ1n) is 7.30. The summed E-state index contributed by atoms with van der Waals surface area (Å²) in [5.74, 6) is 0. The second-order valence-electron chi connectivity index (χ2n) is 5.57. The number of rotatable bonds is 4. The highest BCUT2D eigenvalue weighted by molar-refractivity contribution is 5.78. The number of nitrogens with zero attached hydrogens (tertiary/aromatic N) is 1. The van der Waals surface area contributed by atoms with E-state index in [0.29, 0.717) is 16.6 Å². The number of nitrogens with one attached hydrogen (secondary N) is 3. The Kier molecular flexibility index (Phi) is 3.79. The van der Waals surface area contributed by atoms with Crippen LogP contribution in [0.4, 0.5) is 0 Å². The predicted molar refractivity (Wildman–Crippen MR) is 77.9 cm³/mol. The van der Waals surface area contributed by atoms with E-state index >= 15 is 0 Å². The first-order valence-corrected chi connectivity index (χ1v) is 7.30. The summed E-state index contributed by atoms with van der Waals surface area (Å²) >= 11 is 0. The maximum Gasteiger partial charge on any atom is 0.275 e. The molecule has 1 saturated heterocycles. The van der Waals surface area contributed by atoms with E-state index in [1.165, 1.54) is 6.33 Å². The van der Waals surface area contributed by atoms with Crippen LogP contribution in [0.2, 0.25) is 0 Å². The number of unbranched alkanes of at least 4 members (excludes halogenated alkanes) is 1. The summed E-state index contributed by atoms with van der Waals surface area (Å²) in [4.78, 5) is 21.3. The summed E-state index contributed by atoms with van der Waals surface area (Å²) in [6.45, 7) is 2.09. The van der Waals surface area contributed by atoms with Gasteiger partial charge in [-0.2, -0.15) is 0 Å². The summed E-state index contributed by atoms with van der Waals surface area (Å²) in [6.07, 6.45) is 4.12. The fourth-order valence-electron chi connectivity index (χ4n) is 3.02. The topological polar surface area (TPSA) is 114 Å². The summed E-state index contributed by atoms with van der Waals surface area (Å²) < 4.78 is 0. The molecule has 1 aliphatic heterocycles. The van der Waals surface area contributed by atoms with Crippen LogP contribution in [0.1, 0.15) is 37.8 Å². The molecule has 3 heterocycles. The monoisotopic (exact) mass is 292 g/mol. The molecule has 0 amide bonds. The van der Waals surface area contributed by atoms with Gasteiger partial charge < -0.3 is 25.5 Å². The van der Waals surface area contributed by atoms with Crippen molar-refractivity contribution in [2.75, 3.05) is 0 Å². The van der Waals surface area contributed by atoms with Gasteiger partial charge in [-0.3, -0.25) is 4.79 Å². The van der Waals surface area contributed by atoms with Crippen LogP contribution in [0.25, 0.3) is 11.0 Å². The Bertz CT molecular complexity index is 680. The van der Waals surface area contributed by atoms with Gasteiger partial charge in [-0.25, -0.2) is 4.98 Å². The van der Waals surface area contributed by atoms with Crippen molar-refractivity contribution in [3.05, 3.63) is 28.4 Å². The van der Waals surface area contributed by atoms with Crippen LogP contribution in [-0.2, 0) is 0 Å². The zero-order chi connectivity index (χ0) is 15.0. The summed E-state index contributed by atoms with van der Waals surface area (Å²) in [7, 11) is 0. The standard InChI is InChI=1S/C14H20N4O3/c1-2-3-4-8-12(19)13(20)10(18-8)7-5-15-11-9(7)16-6-17-14(11)21/h5-6,8,10,12-13,15,18-20H,2-4H2,1H3,(H,16,17,21). The van der Waals surface area contributed by atoms with Gasteiger partial charge in [0.25, 0.3) is 5.56 Å². The first kappa shape index (κ1) is 14.2. The highest BCUT2D eigenvalue weighted by Gasteiger charge is 2.42. The zero-order valence-corrected chi connectivity index (χ0v) is 11.8. The van der Waals surface area contributed by atoms with E-state index in [0.717, 1.165) is 19.3 Å². The smallest absolute Gasteiger partial charge is 0.275 e. The van der Waals surface area contributed by atoms with Crippen LogP contribution in [0, 0.1) is 0 Å². The third-order valence-electron chi connectivity index (χ3n) is 4.20. The maximum absolute atomic E-state index is 11.7. The van der Waals surface area contributed by atoms with Crippen LogP contribution >= 0.6 is 0 Å². The van der Waals surface area contributed by atoms with Crippen molar-refractivity contribution in [3.63, 3.8) is 0 Å². The molecule has 0 spiro atoms. The van der Waals surface area contributed by atoms with Crippen molar-refractivity contribution in [1.29, 1.82) is 0 Å². The van der Waals surface area contributed by atoms with E-state index in [2.05, 4.69) is 27.2 Å². The van der Waals surface area contributed by atoms with Gasteiger partial charge in [0.05, 0.1) is 18.5 Å². The lowest BCUT2D eigenvalue weighted by Crippen LogP contribution is -2.32. The Labute approximate surface area is 121 Å². The summed E-state index contributed by atoms with van der Waals surface area (Å²) in [6, 6.07) is -0.568. The quantitative estimate of drug-likeness (QED) is 0.551. The van der Waals surface area contributed by atoms with Gasteiger partial charge in [0, 0.05) is 17.8 Å². The minimum absolute atomic E-state index is 0.142. The number of H-pyrrole nitrogens is 2. The summed E-state index contributed by atoms with van der Waals surface area (Å²) in [5, 5.41) is 23.7. The molecule has 0 radical (unpaired) electrons. The summed E-state index contributed by atoms with van der Waals surface area (Å²) in [5.41, 5.74) is 1.37. The molecule has 0 saturated carbocycles. The molecule has 2 aromatic rings. The molecule has 0 aromatic carbocycles. The van der Waals surface area contributed by atoms with Crippen LogP contribution < -0.4 is 10.9 Å². The number of hydrogen-bond acceptors (Lipinski definition) is 5. The highest BCUT2D eigenvalue weighted by atomic mass is 16.3.